The average Bonchev–Trinajstić information content (AvgIpc) is 2.38. The molecule has 5 heteroatoms. The van der Waals surface area contributed by atoms with Crippen LogP contribution in [-0.4, -0.2) is 19.0 Å². The molecular formula is C14H16FNO3. The van der Waals surface area contributed by atoms with Gasteiger partial charge in [-0.05, 0) is 18.1 Å². The Hall–Kier alpha value is -2.17. The van der Waals surface area contributed by atoms with Crippen molar-refractivity contribution < 1.29 is 18.7 Å². The molecule has 0 heterocycles. The van der Waals surface area contributed by atoms with Crippen LogP contribution in [-0.2, 0) is 14.3 Å². The molecule has 0 radical (unpaired) electrons. The van der Waals surface area contributed by atoms with Gasteiger partial charge in [-0.15, -0.1) is 0 Å². The lowest BCUT2D eigenvalue weighted by molar-refractivity contribution is -0.141. The quantitative estimate of drug-likeness (QED) is 0.656. The minimum atomic E-state index is -1.09. The molecule has 4 nitrogen and oxygen atoms in total. The van der Waals surface area contributed by atoms with Crippen molar-refractivity contribution in [3.63, 3.8) is 0 Å². The summed E-state index contributed by atoms with van der Waals surface area (Å²) in [6.07, 6.45) is -0.0691. The zero-order chi connectivity index (χ0) is 14.4. The molecular weight excluding hydrogens is 249 g/mol. The second-order valence-corrected chi connectivity index (χ2v) is 4.07. The van der Waals surface area contributed by atoms with Crippen molar-refractivity contribution in [3.05, 3.63) is 47.8 Å². The van der Waals surface area contributed by atoms with Crippen LogP contribution in [0.25, 0.3) is 0 Å². The Morgan fingerprint density at radius 1 is 1.42 bits per heavy atom. The third-order valence-electron chi connectivity index (χ3n) is 2.71. The summed E-state index contributed by atoms with van der Waals surface area (Å²) < 4.78 is 17.3. The first-order valence-electron chi connectivity index (χ1n) is 5.73. The summed E-state index contributed by atoms with van der Waals surface area (Å²) >= 11 is 0. The molecule has 0 saturated heterocycles. The van der Waals surface area contributed by atoms with Crippen molar-refractivity contribution in [3.8, 4) is 0 Å². The van der Waals surface area contributed by atoms with Gasteiger partial charge < -0.3 is 10.1 Å². The molecule has 1 rings (SSSR count). The highest BCUT2D eigenvalue weighted by molar-refractivity contribution is 5.91. The van der Waals surface area contributed by atoms with Gasteiger partial charge >= 0.3 is 5.97 Å². The fourth-order valence-electron chi connectivity index (χ4n) is 1.70. The molecule has 0 aliphatic rings. The molecule has 0 unspecified atom stereocenters. The molecule has 1 aromatic rings. The molecule has 102 valence electrons. The van der Waals surface area contributed by atoms with Crippen molar-refractivity contribution >= 4 is 11.9 Å². The van der Waals surface area contributed by atoms with Crippen LogP contribution < -0.4 is 5.32 Å². The lowest BCUT2D eigenvalue weighted by Gasteiger charge is -2.19. The Morgan fingerprint density at radius 3 is 2.58 bits per heavy atom. The maximum atomic E-state index is 12.8. The summed E-state index contributed by atoms with van der Waals surface area (Å²) in [7, 11) is 1.26. The van der Waals surface area contributed by atoms with Crippen LogP contribution >= 0.6 is 0 Å². The van der Waals surface area contributed by atoms with E-state index in [1.807, 2.05) is 19.1 Å². The number of halogens is 1. The van der Waals surface area contributed by atoms with E-state index < -0.39 is 23.7 Å². The molecule has 19 heavy (non-hydrogen) atoms. The fraction of sp³-hybridized carbons (Fsp3) is 0.286. The number of methoxy groups -OCH3 is 1. The van der Waals surface area contributed by atoms with Gasteiger partial charge in [0, 0.05) is 0 Å². The molecule has 0 aliphatic carbocycles. The highest BCUT2D eigenvalue weighted by atomic mass is 19.1. The number of benzene rings is 1. The van der Waals surface area contributed by atoms with Gasteiger partial charge in [0.15, 0.2) is 5.83 Å². The van der Waals surface area contributed by atoms with Crippen molar-refractivity contribution in [1.29, 1.82) is 0 Å². The van der Waals surface area contributed by atoms with Crippen molar-refractivity contribution in [2.24, 2.45) is 0 Å². The third-order valence-corrected chi connectivity index (χ3v) is 2.71. The van der Waals surface area contributed by atoms with Crippen LogP contribution in [0.5, 0.6) is 0 Å². The Labute approximate surface area is 111 Å². The average molecular weight is 265 g/mol. The number of aryl methyl sites for hydroxylation is 1. The molecule has 0 spiro atoms. The van der Waals surface area contributed by atoms with Crippen LogP contribution in [0.15, 0.2) is 36.7 Å². The lowest BCUT2D eigenvalue weighted by Crippen LogP contribution is -2.31. The zero-order valence-electron chi connectivity index (χ0n) is 10.9. The zero-order valence-corrected chi connectivity index (χ0v) is 10.9. The number of nitrogens with one attached hydrogen (secondary N) is 1. The van der Waals surface area contributed by atoms with E-state index in [0.717, 1.165) is 11.1 Å². The number of hydrogen-bond acceptors (Lipinski definition) is 3. The summed E-state index contributed by atoms with van der Waals surface area (Å²) in [5.74, 6) is -2.52. The summed E-state index contributed by atoms with van der Waals surface area (Å²) in [4.78, 5) is 22.7. The number of rotatable bonds is 5. The van der Waals surface area contributed by atoms with Crippen molar-refractivity contribution in [2.45, 2.75) is 19.4 Å². The third kappa shape index (κ3) is 4.21. The van der Waals surface area contributed by atoms with Crippen LogP contribution in [0.2, 0.25) is 0 Å². The topological polar surface area (TPSA) is 55.4 Å². The molecule has 0 bridgehead atoms. The summed E-state index contributed by atoms with van der Waals surface area (Å²) in [5.41, 5.74) is 1.63. The van der Waals surface area contributed by atoms with Crippen LogP contribution in [0.4, 0.5) is 4.39 Å². The lowest BCUT2D eigenvalue weighted by atomic mass is 9.98. The van der Waals surface area contributed by atoms with E-state index in [1.54, 1.807) is 12.1 Å². The van der Waals surface area contributed by atoms with Crippen molar-refractivity contribution in [1.82, 2.24) is 5.32 Å². The van der Waals surface area contributed by atoms with Gasteiger partial charge in [0.25, 0.3) is 5.91 Å². The number of esters is 1. The summed E-state index contributed by atoms with van der Waals surface area (Å²) in [6.45, 7) is 4.77. The Bertz CT molecular complexity index is 499. The van der Waals surface area contributed by atoms with Gasteiger partial charge in [-0.3, -0.25) is 9.59 Å². The number of hydrogen-bond donors (Lipinski definition) is 1. The number of ether oxygens (including phenoxy) is 1. The Morgan fingerprint density at radius 2 is 2.05 bits per heavy atom. The van der Waals surface area contributed by atoms with Crippen LogP contribution in [0, 0.1) is 6.92 Å². The van der Waals surface area contributed by atoms with Gasteiger partial charge in [0.1, 0.15) is 0 Å². The van der Waals surface area contributed by atoms with Crippen LogP contribution in [0.3, 0.4) is 0 Å². The monoisotopic (exact) mass is 265 g/mol. The normalized spacial score (nSPS) is 11.5. The standard InChI is InChI=1S/C14H16FNO3/c1-9-6-4-5-7-11(9)12(8-13(17)19-3)16-14(18)10(2)15/h4-7,12H,2,8H2,1,3H3,(H,16,18)/t12-/m1/s1. The first-order valence-corrected chi connectivity index (χ1v) is 5.73. The smallest absolute Gasteiger partial charge is 0.307 e. The summed E-state index contributed by atoms with van der Waals surface area (Å²) in [6, 6.07) is 6.58. The van der Waals surface area contributed by atoms with Crippen LogP contribution in [0.1, 0.15) is 23.6 Å². The van der Waals surface area contributed by atoms with E-state index in [9.17, 15) is 14.0 Å². The molecule has 0 saturated carbocycles. The fourth-order valence-corrected chi connectivity index (χ4v) is 1.70. The molecule has 0 aromatic heterocycles. The van der Waals surface area contributed by atoms with Gasteiger partial charge in [-0.1, -0.05) is 30.8 Å². The molecule has 0 fully saturated rings. The summed E-state index contributed by atoms with van der Waals surface area (Å²) in [5, 5.41) is 2.42. The minimum absolute atomic E-state index is 0.0691. The van der Waals surface area contributed by atoms with Gasteiger partial charge in [-0.25, -0.2) is 4.39 Å². The van der Waals surface area contributed by atoms with E-state index in [0.29, 0.717) is 0 Å². The number of carbonyl (C=O) groups excluding carboxylic acids is 2. The first-order chi connectivity index (χ1) is 8.95. The van der Waals surface area contributed by atoms with E-state index in [4.69, 9.17) is 0 Å². The van der Waals surface area contributed by atoms with Gasteiger partial charge in [0.2, 0.25) is 0 Å². The SMILES string of the molecule is C=C(F)C(=O)N[C@H](CC(=O)OC)c1ccccc1C. The van der Waals surface area contributed by atoms with Crippen molar-refractivity contribution in [2.75, 3.05) is 7.11 Å². The molecule has 1 N–H and O–H groups in total. The number of amides is 1. The predicted octanol–water partition coefficient (Wildman–Crippen LogP) is 2.20. The second kappa shape index (κ2) is 6.68. The van der Waals surface area contributed by atoms with E-state index in [-0.39, 0.29) is 6.42 Å². The number of carbonyl (C=O) groups is 2. The van der Waals surface area contributed by atoms with E-state index in [2.05, 4.69) is 16.6 Å². The predicted molar refractivity (Wildman–Crippen MR) is 68.9 cm³/mol. The Kier molecular flexibility index (Phi) is 5.23. The largest absolute Gasteiger partial charge is 0.469 e. The first kappa shape index (κ1) is 14.9. The van der Waals surface area contributed by atoms with Gasteiger partial charge in [0.05, 0.1) is 19.6 Å². The minimum Gasteiger partial charge on any atom is -0.469 e. The maximum absolute atomic E-state index is 12.8. The van der Waals surface area contributed by atoms with E-state index in [1.165, 1.54) is 7.11 Å². The highest BCUT2D eigenvalue weighted by Gasteiger charge is 2.21. The molecule has 1 amide bonds. The van der Waals surface area contributed by atoms with Gasteiger partial charge in [-0.2, -0.15) is 0 Å². The Balaban J connectivity index is 2.98. The van der Waals surface area contributed by atoms with E-state index >= 15 is 0 Å². The maximum Gasteiger partial charge on any atom is 0.307 e. The second-order valence-electron chi connectivity index (χ2n) is 4.07. The molecule has 0 aliphatic heterocycles. The molecule has 1 aromatic carbocycles. The highest BCUT2D eigenvalue weighted by Crippen LogP contribution is 2.21. The molecule has 1 atom stereocenters.